The van der Waals surface area contributed by atoms with Gasteiger partial charge in [0.2, 0.25) is 0 Å². The Morgan fingerprint density at radius 1 is 1.22 bits per heavy atom. The lowest BCUT2D eigenvalue weighted by Crippen LogP contribution is -2.11. The number of aromatic nitrogens is 1. The zero-order chi connectivity index (χ0) is 15.8. The van der Waals surface area contributed by atoms with Crippen LogP contribution in [0.3, 0.4) is 0 Å². The zero-order valence-electron chi connectivity index (χ0n) is 12.1. The van der Waals surface area contributed by atoms with Crippen LogP contribution in [0, 0.1) is 0 Å². The molecule has 3 nitrogen and oxygen atoms in total. The number of anilines is 1. The maximum Gasteiger partial charge on any atom is 0.267 e. The number of rotatable bonds is 4. The van der Waals surface area contributed by atoms with E-state index in [-0.39, 0.29) is 5.91 Å². The molecule has 116 valence electrons. The van der Waals surface area contributed by atoms with Crippen LogP contribution in [0.25, 0.3) is 11.3 Å². The lowest BCUT2D eigenvalue weighted by atomic mass is 10.1. The lowest BCUT2D eigenvalue weighted by Gasteiger charge is -2.02. The van der Waals surface area contributed by atoms with Crippen molar-refractivity contribution in [1.29, 1.82) is 0 Å². The second kappa shape index (κ2) is 6.07. The summed E-state index contributed by atoms with van der Waals surface area (Å²) in [5, 5.41) is 8.06. The summed E-state index contributed by atoms with van der Waals surface area (Å²) in [5.74, 6) is 0.499. The molecule has 1 N–H and O–H groups in total. The number of benzene rings is 1. The monoisotopic (exact) mass is 360 g/mol. The molecule has 0 unspecified atom stereocenters. The first kappa shape index (κ1) is 14.9. The number of halogens is 1. The van der Waals surface area contributed by atoms with Gasteiger partial charge in [0.15, 0.2) is 5.13 Å². The Kier molecular flexibility index (Phi) is 3.93. The van der Waals surface area contributed by atoms with Crippen LogP contribution in [0.5, 0.6) is 0 Å². The summed E-state index contributed by atoms with van der Waals surface area (Å²) in [6, 6.07) is 9.63. The molecule has 3 aromatic rings. The van der Waals surface area contributed by atoms with Crippen LogP contribution >= 0.6 is 34.3 Å². The molecule has 0 saturated heterocycles. The van der Waals surface area contributed by atoms with Gasteiger partial charge >= 0.3 is 0 Å². The molecule has 0 radical (unpaired) electrons. The molecule has 23 heavy (non-hydrogen) atoms. The second-order valence-corrected chi connectivity index (χ2v) is 7.63. The van der Waals surface area contributed by atoms with E-state index in [1.54, 1.807) is 0 Å². The fraction of sp³-hybridized carbons (Fsp3) is 0.176. The van der Waals surface area contributed by atoms with Crippen molar-refractivity contribution in [3.05, 3.63) is 56.6 Å². The molecule has 1 aromatic carbocycles. The standard InChI is InChI=1S/C17H13ClN2OS2/c18-13-4-2-1-3-12(13)14-9-23-17(19-14)20-16(21)15-11(7-8-22-15)10-5-6-10/h1-4,7-10H,5-6H2,(H,19,20,21). The Hall–Kier alpha value is -1.69. The summed E-state index contributed by atoms with van der Waals surface area (Å²) in [7, 11) is 0. The highest BCUT2D eigenvalue weighted by Crippen LogP contribution is 2.43. The quantitative estimate of drug-likeness (QED) is 0.652. The van der Waals surface area contributed by atoms with Crippen LogP contribution in [0.4, 0.5) is 5.13 Å². The minimum Gasteiger partial charge on any atom is -0.297 e. The van der Waals surface area contributed by atoms with E-state index >= 15 is 0 Å². The van der Waals surface area contributed by atoms with E-state index in [0.717, 1.165) is 16.1 Å². The SMILES string of the molecule is O=C(Nc1nc(-c2ccccc2Cl)cs1)c1sccc1C1CC1. The van der Waals surface area contributed by atoms with E-state index < -0.39 is 0 Å². The van der Waals surface area contributed by atoms with Crippen LogP contribution in [-0.4, -0.2) is 10.9 Å². The highest BCUT2D eigenvalue weighted by atomic mass is 35.5. The van der Waals surface area contributed by atoms with Gasteiger partial charge in [0.1, 0.15) is 0 Å². The molecule has 1 amide bonds. The first-order valence-corrected chi connectivity index (χ1v) is 9.45. The number of hydrogen-bond donors (Lipinski definition) is 1. The van der Waals surface area contributed by atoms with Gasteiger partial charge in [0, 0.05) is 16.0 Å². The fourth-order valence-electron chi connectivity index (χ4n) is 2.50. The molecule has 6 heteroatoms. The summed E-state index contributed by atoms with van der Waals surface area (Å²) in [6.07, 6.45) is 2.37. The van der Waals surface area contributed by atoms with Crippen LogP contribution < -0.4 is 5.32 Å². The van der Waals surface area contributed by atoms with E-state index in [2.05, 4.69) is 16.4 Å². The Morgan fingerprint density at radius 2 is 2.04 bits per heavy atom. The van der Waals surface area contributed by atoms with E-state index in [1.807, 2.05) is 35.0 Å². The van der Waals surface area contributed by atoms with Crippen LogP contribution in [0.15, 0.2) is 41.1 Å². The van der Waals surface area contributed by atoms with Gasteiger partial charge in [-0.05, 0) is 41.8 Å². The number of nitrogens with zero attached hydrogens (tertiary/aromatic N) is 1. The number of thiazole rings is 1. The summed E-state index contributed by atoms with van der Waals surface area (Å²) >= 11 is 9.10. The fourth-order valence-corrected chi connectivity index (χ4v) is 4.31. The minimum atomic E-state index is -0.0676. The van der Waals surface area contributed by atoms with E-state index in [4.69, 9.17) is 11.6 Å². The molecule has 2 heterocycles. The van der Waals surface area contributed by atoms with E-state index in [0.29, 0.717) is 16.1 Å². The van der Waals surface area contributed by atoms with Crippen molar-refractivity contribution >= 4 is 45.3 Å². The number of thiophene rings is 1. The van der Waals surface area contributed by atoms with Gasteiger partial charge < -0.3 is 0 Å². The van der Waals surface area contributed by atoms with Gasteiger partial charge in [-0.3, -0.25) is 10.1 Å². The first-order valence-electron chi connectivity index (χ1n) is 7.31. The van der Waals surface area contributed by atoms with Gasteiger partial charge in [-0.15, -0.1) is 22.7 Å². The molecular formula is C17H13ClN2OS2. The van der Waals surface area contributed by atoms with Crippen molar-refractivity contribution in [3.8, 4) is 11.3 Å². The third kappa shape index (κ3) is 3.04. The molecule has 4 rings (SSSR count). The molecule has 0 bridgehead atoms. The Balaban J connectivity index is 1.55. The molecule has 1 saturated carbocycles. The molecule has 0 spiro atoms. The summed E-state index contributed by atoms with van der Waals surface area (Å²) in [5.41, 5.74) is 2.83. The van der Waals surface area contributed by atoms with Crippen LogP contribution in [0.2, 0.25) is 5.02 Å². The normalized spacial score (nSPS) is 14.0. The van der Waals surface area contributed by atoms with Crippen LogP contribution in [0.1, 0.15) is 34.0 Å². The highest BCUT2D eigenvalue weighted by Gasteiger charge is 2.29. The molecule has 0 aliphatic heterocycles. The van der Waals surface area contributed by atoms with Crippen molar-refractivity contribution in [2.45, 2.75) is 18.8 Å². The van der Waals surface area contributed by atoms with Crippen molar-refractivity contribution < 1.29 is 4.79 Å². The molecule has 1 aliphatic rings. The molecule has 1 fully saturated rings. The molecule has 0 atom stereocenters. The number of carbonyl (C=O) groups is 1. The van der Waals surface area contributed by atoms with Gasteiger partial charge in [-0.2, -0.15) is 0 Å². The second-order valence-electron chi connectivity index (χ2n) is 5.45. The summed E-state index contributed by atoms with van der Waals surface area (Å²) in [4.78, 5) is 17.8. The summed E-state index contributed by atoms with van der Waals surface area (Å²) < 4.78 is 0. The number of hydrogen-bond acceptors (Lipinski definition) is 4. The average Bonchev–Trinajstić information content (AvgIpc) is 3.09. The van der Waals surface area contributed by atoms with Gasteiger partial charge in [-0.25, -0.2) is 4.98 Å². The Labute approximate surface area is 147 Å². The van der Waals surface area contributed by atoms with Crippen molar-refractivity contribution in [2.24, 2.45) is 0 Å². The summed E-state index contributed by atoms with van der Waals surface area (Å²) in [6.45, 7) is 0. The predicted molar refractivity (Wildman–Crippen MR) is 96.8 cm³/mol. The number of amides is 1. The first-order chi connectivity index (χ1) is 11.2. The molecule has 1 aliphatic carbocycles. The van der Waals surface area contributed by atoms with Crippen LogP contribution in [-0.2, 0) is 0 Å². The van der Waals surface area contributed by atoms with Gasteiger partial charge in [-0.1, -0.05) is 29.8 Å². The third-order valence-corrected chi connectivity index (χ3v) is 5.81. The maximum atomic E-state index is 12.5. The van der Waals surface area contributed by atoms with E-state index in [1.165, 1.54) is 41.1 Å². The van der Waals surface area contributed by atoms with E-state index in [9.17, 15) is 4.79 Å². The highest BCUT2D eigenvalue weighted by molar-refractivity contribution is 7.14. The third-order valence-electron chi connectivity index (χ3n) is 3.79. The van der Waals surface area contributed by atoms with Crippen molar-refractivity contribution in [1.82, 2.24) is 4.98 Å². The van der Waals surface area contributed by atoms with Crippen molar-refractivity contribution in [2.75, 3.05) is 5.32 Å². The van der Waals surface area contributed by atoms with Gasteiger partial charge in [0.05, 0.1) is 10.6 Å². The predicted octanol–water partition coefficient (Wildman–Crippen LogP) is 5.65. The lowest BCUT2D eigenvalue weighted by molar-refractivity contribution is 0.102. The minimum absolute atomic E-state index is 0.0676. The molecule has 2 aromatic heterocycles. The Morgan fingerprint density at radius 3 is 2.83 bits per heavy atom. The molecular weight excluding hydrogens is 348 g/mol. The number of carbonyl (C=O) groups excluding carboxylic acids is 1. The zero-order valence-corrected chi connectivity index (χ0v) is 14.5. The largest absolute Gasteiger partial charge is 0.297 e. The smallest absolute Gasteiger partial charge is 0.267 e. The van der Waals surface area contributed by atoms with Crippen molar-refractivity contribution in [3.63, 3.8) is 0 Å². The maximum absolute atomic E-state index is 12.5. The number of nitrogens with one attached hydrogen (secondary N) is 1. The Bertz CT molecular complexity index is 867. The topological polar surface area (TPSA) is 42.0 Å². The van der Waals surface area contributed by atoms with Gasteiger partial charge in [0.25, 0.3) is 5.91 Å². The average molecular weight is 361 g/mol.